The molecule has 0 aromatic carbocycles. The number of allylic oxidation sites excluding steroid dienone is 8. The van der Waals surface area contributed by atoms with Crippen LogP contribution < -0.4 is 0 Å². The number of ether oxygens (including phenoxy) is 2. The highest BCUT2D eigenvalue weighted by Gasteiger charge is 2.22. The first-order valence-corrected chi connectivity index (χ1v) is 19.4. The number of hydrogen-bond acceptors (Lipinski definition) is 7. The molecule has 0 aliphatic carbocycles. The van der Waals surface area contributed by atoms with Crippen molar-refractivity contribution in [3.63, 3.8) is 0 Å². The highest BCUT2D eigenvalue weighted by Crippen LogP contribution is 2.35. The molecule has 9 nitrogen and oxygen atoms in total. The minimum atomic E-state index is -4.77. The predicted molar refractivity (Wildman–Crippen MR) is 189 cm³/mol. The van der Waals surface area contributed by atoms with Gasteiger partial charge in [0.15, 0.2) is 11.9 Å². The first kappa shape index (κ1) is 44.7. The van der Waals surface area contributed by atoms with Crippen LogP contribution in [0, 0.1) is 0 Å². The van der Waals surface area contributed by atoms with Crippen LogP contribution in [0.25, 0.3) is 0 Å². The molecular weight excluding hydrogens is 619 g/mol. The molecule has 0 aliphatic heterocycles. The molecule has 0 aliphatic rings. The van der Waals surface area contributed by atoms with Crippen molar-refractivity contribution in [3.8, 4) is 0 Å². The van der Waals surface area contributed by atoms with Gasteiger partial charge < -0.3 is 19.3 Å². The molecule has 0 heterocycles. The van der Waals surface area contributed by atoms with Crippen LogP contribution in [-0.4, -0.2) is 46.8 Å². The Morgan fingerprint density at radius 1 is 0.617 bits per heavy atom. The zero-order chi connectivity index (χ0) is 34.9. The van der Waals surface area contributed by atoms with Crippen molar-refractivity contribution in [2.24, 2.45) is 0 Å². The fraction of sp³-hybridized carbons (Fsp3) is 0.703. The van der Waals surface area contributed by atoms with Gasteiger partial charge in [0, 0.05) is 19.3 Å². The number of phosphoric ester groups is 1. The van der Waals surface area contributed by atoms with E-state index in [2.05, 4.69) is 18.4 Å². The van der Waals surface area contributed by atoms with Gasteiger partial charge in [-0.15, -0.1) is 0 Å². The Balaban J connectivity index is 4.16. The lowest BCUT2D eigenvalue weighted by Crippen LogP contribution is -2.29. The van der Waals surface area contributed by atoms with Crippen LogP contribution in [0.1, 0.15) is 149 Å². The van der Waals surface area contributed by atoms with Crippen molar-refractivity contribution in [1.29, 1.82) is 0 Å². The summed E-state index contributed by atoms with van der Waals surface area (Å²) in [4.78, 5) is 54.2. The Morgan fingerprint density at radius 2 is 1.15 bits per heavy atom. The molecule has 10 heteroatoms. The first-order chi connectivity index (χ1) is 22.7. The van der Waals surface area contributed by atoms with Crippen LogP contribution in [0.15, 0.2) is 48.6 Å². The van der Waals surface area contributed by atoms with E-state index in [1.807, 2.05) is 36.5 Å². The Morgan fingerprint density at radius 3 is 1.79 bits per heavy atom. The number of hydrogen-bond donors (Lipinski definition) is 2. The average molecular weight is 683 g/mol. The highest BCUT2D eigenvalue weighted by atomic mass is 31.2. The van der Waals surface area contributed by atoms with E-state index < -0.39 is 32.5 Å². The number of carbonyl (C=O) groups is 3. The molecule has 0 saturated carbocycles. The minimum absolute atomic E-state index is 0.110. The SMILES string of the molecule is CCCCCCCCCCCCCC(=O)OC[C@H](COP(=O)(O)O)OC(=O)CCC/C=C\C/C=C\C/C=C\C=C\C(=O)CCCCC. The molecule has 0 bridgehead atoms. The molecule has 2 N–H and O–H groups in total. The van der Waals surface area contributed by atoms with E-state index >= 15 is 0 Å². The summed E-state index contributed by atoms with van der Waals surface area (Å²) in [6.45, 7) is 3.44. The Kier molecular flexibility index (Phi) is 30.6. The van der Waals surface area contributed by atoms with Gasteiger partial charge >= 0.3 is 19.8 Å². The maximum absolute atomic E-state index is 12.3. The molecule has 1 atom stereocenters. The van der Waals surface area contributed by atoms with Crippen molar-refractivity contribution in [2.75, 3.05) is 13.2 Å². The zero-order valence-electron chi connectivity index (χ0n) is 29.2. The standard InChI is InChI=1S/C37H63O9P/c1-3-5-7-8-9-10-12-16-19-22-26-30-36(39)44-32-35(33-45-47(41,42)43)46-37(40)31-27-23-20-17-14-11-13-15-18-21-25-29-34(38)28-24-6-4-2/h11,13,17-18,20-21,25,29,35H,3-10,12,14-16,19,22-24,26-28,30-33H2,1-2H3,(H2,41,42,43)/b13-11-,20-17-,21-18-,29-25+/t35-/m1/s1. The van der Waals surface area contributed by atoms with Gasteiger partial charge in [0.05, 0.1) is 6.61 Å². The summed E-state index contributed by atoms with van der Waals surface area (Å²) < 4.78 is 26.1. The number of ketones is 1. The number of carbonyl (C=O) groups excluding carboxylic acids is 3. The third-order valence-corrected chi connectivity index (χ3v) is 7.81. The third-order valence-electron chi connectivity index (χ3n) is 7.33. The van der Waals surface area contributed by atoms with E-state index in [0.717, 1.165) is 51.4 Å². The van der Waals surface area contributed by atoms with Gasteiger partial charge in [-0.2, -0.15) is 0 Å². The van der Waals surface area contributed by atoms with Gasteiger partial charge in [-0.1, -0.05) is 133 Å². The first-order valence-electron chi connectivity index (χ1n) is 17.9. The smallest absolute Gasteiger partial charge is 0.462 e. The van der Waals surface area contributed by atoms with Crippen molar-refractivity contribution in [1.82, 2.24) is 0 Å². The molecule has 0 unspecified atom stereocenters. The van der Waals surface area contributed by atoms with E-state index in [9.17, 15) is 18.9 Å². The van der Waals surface area contributed by atoms with E-state index in [1.54, 1.807) is 12.2 Å². The summed E-state index contributed by atoms with van der Waals surface area (Å²) in [5, 5.41) is 0. The van der Waals surface area contributed by atoms with Crippen molar-refractivity contribution in [3.05, 3.63) is 48.6 Å². The molecule has 0 saturated heterocycles. The normalized spacial score (nSPS) is 12.9. The van der Waals surface area contributed by atoms with Crippen molar-refractivity contribution >= 4 is 25.5 Å². The van der Waals surface area contributed by atoms with Gasteiger partial charge in [-0.3, -0.25) is 18.9 Å². The summed E-state index contributed by atoms with van der Waals surface area (Å²) in [6.07, 6.45) is 33.9. The van der Waals surface area contributed by atoms with Crippen LogP contribution in [0.3, 0.4) is 0 Å². The summed E-state index contributed by atoms with van der Waals surface area (Å²) in [5.74, 6) is -0.825. The lowest BCUT2D eigenvalue weighted by atomic mass is 10.1. The summed E-state index contributed by atoms with van der Waals surface area (Å²) in [5.41, 5.74) is 0. The molecule has 0 spiro atoms. The Hall–Kier alpha value is -2.32. The van der Waals surface area contributed by atoms with Gasteiger partial charge in [0.25, 0.3) is 0 Å². The molecule has 0 aromatic heterocycles. The van der Waals surface area contributed by atoms with Crippen LogP contribution in [0.2, 0.25) is 0 Å². The molecule has 0 fully saturated rings. The Labute approximate surface area is 284 Å². The maximum atomic E-state index is 12.3. The maximum Gasteiger partial charge on any atom is 0.469 e. The fourth-order valence-electron chi connectivity index (χ4n) is 4.61. The fourth-order valence-corrected chi connectivity index (χ4v) is 4.97. The molecule has 270 valence electrons. The van der Waals surface area contributed by atoms with Crippen LogP contribution in [0.4, 0.5) is 0 Å². The molecule has 0 rings (SSSR count). The van der Waals surface area contributed by atoms with E-state index in [4.69, 9.17) is 19.3 Å². The number of phosphoric acid groups is 1. The predicted octanol–water partition coefficient (Wildman–Crippen LogP) is 9.58. The van der Waals surface area contributed by atoms with Gasteiger partial charge in [-0.25, -0.2) is 4.57 Å². The molecular formula is C37H63O9P. The lowest BCUT2D eigenvalue weighted by Gasteiger charge is -2.18. The van der Waals surface area contributed by atoms with Crippen molar-refractivity contribution < 1.29 is 42.7 Å². The third kappa shape index (κ3) is 34.8. The molecule has 0 radical (unpaired) electrons. The topological polar surface area (TPSA) is 136 Å². The average Bonchev–Trinajstić information content (AvgIpc) is 3.03. The van der Waals surface area contributed by atoms with Gasteiger partial charge in [0.2, 0.25) is 0 Å². The molecule has 0 amide bonds. The monoisotopic (exact) mass is 682 g/mol. The Bertz CT molecular complexity index is 965. The second-order valence-electron chi connectivity index (χ2n) is 11.9. The quantitative estimate of drug-likeness (QED) is 0.0177. The molecule has 0 aromatic rings. The number of unbranched alkanes of at least 4 members (excludes halogenated alkanes) is 13. The van der Waals surface area contributed by atoms with Gasteiger partial charge in [-0.05, 0) is 44.6 Å². The van der Waals surface area contributed by atoms with Crippen LogP contribution >= 0.6 is 7.82 Å². The number of rotatable bonds is 32. The van der Waals surface area contributed by atoms with Crippen molar-refractivity contribution in [2.45, 2.75) is 155 Å². The summed E-state index contributed by atoms with van der Waals surface area (Å²) >= 11 is 0. The van der Waals surface area contributed by atoms with E-state index in [-0.39, 0.29) is 25.2 Å². The minimum Gasteiger partial charge on any atom is -0.462 e. The second kappa shape index (κ2) is 32.2. The summed E-state index contributed by atoms with van der Waals surface area (Å²) in [6, 6.07) is 0. The molecule has 47 heavy (non-hydrogen) atoms. The second-order valence-corrected chi connectivity index (χ2v) is 13.1. The summed E-state index contributed by atoms with van der Waals surface area (Å²) in [7, 11) is -4.77. The largest absolute Gasteiger partial charge is 0.469 e. The lowest BCUT2D eigenvalue weighted by molar-refractivity contribution is -0.161. The van der Waals surface area contributed by atoms with E-state index in [1.165, 1.54) is 44.9 Å². The zero-order valence-corrected chi connectivity index (χ0v) is 30.1. The van der Waals surface area contributed by atoms with Crippen LogP contribution in [-0.2, 0) is 32.9 Å². The van der Waals surface area contributed by atoms with Gasteiger partial charge in [0.1, 0.15) is 6.61 Å². The number of esters is 2. The highest BCUT2D eigenvalue weighted by molar-refractivity contribution is 7.46. The van der Waals surface area contributed by atoms with E-state index in [0.29, 0.717) is 25.7 Å². The van der Waals surface area contributed by atoms with Crippen LogP contribution in [0.5, 0.6) is 0 Å².